The second-order valence-electron chi connectivity index (χ2n) is 4.64. The van der Waals surface area contributed by atoms with Crippen LogP contribution < -0.4 is 0 Å². The summed E-state index contributed by atoms with van der Waals surface area (Å²) in [4.78, 5) is 0. The first-order valence-corrected chi connectivity index (χ1v) is 6.98. The van der Waals surface area contributed by atoms with Crippen LogP contribution >= 0.6 is 12.6 Å². The molecule has 0 heterocycles. The zero-order valence-electron chi connectivity index (χ0n) is 10.3. The van der Waals surface area contributed by atoms with Gasteiger partial charge < -0.3 is 0 Å². The minimum atomic E-state index is 0.854. The lowest BCUT2D eigenvalue weighted by molar-refractivity contribution is 0.399. The summed E-state index contributed by atoms with van der Waals surface area (Å²) in [6.07, 6.45) is 9.70. The van der Waals surface area contributed by atoms with Gasteiger partial charge in [-0.05, 0) is 24.0 Å². The Morgan fingerprint density at radius 3 is 2.21 bits per heavy atom. The van der Waals surface area contributed by atoms with E-state index in [1.165, 1.54) is 44.9 Å². The Morgan fingerprint density at radius 2 is 1.71 bits per heavy atom. The van der Waals surface area contributed by atoms with Crippen molar-refractivity contribution in [1.82, 2.24) is 0 Å². The second-order valence-corrected chi connectivity index (χ2v) is 5.00. The van der Waals surface area contributed by atoms with Crippen LogP contribution in [-0.4, -0.2) is 5.75 Å². The monoisotopic (exact) mass is 216 g/mol. The maximum absolute atomic E-state index is 4.38. The molecule has 0 N–H and O–H groups in total. The quantitative estimate of drug-likeness (QED) is 0.409. The zero-order valence-corrected chi connectivity index (χ0v) is 11.2. The molecule has 0 nitrogen and oxygen atoms in total. The number of rotatable bonds is 9. The van der Waals surface area contributed by atoms with Crippen molar-refractivity contribution in [1.29, 1.82) is 0 Å². The summed E-state index contributed by atoms with van der Waals surface area (Å²) in [5.41, 5.74) is 0. The molecular formula is C13H28S. The molecule has 2 unspecified atom stereocenters. The number of hydrogen-bond donors (Lipinski definition) is 1. The fraction of sp³-hybridized carbons (Fsp3) is 1.00. The van der Waals surface area contributed by atoms with E-state index in [1.54, 1.807) is 0 Å². The Kier molecular flexibility index (Phi) is 10.1. The lowest BCUT2D eigenvalue weighted by Crippen LogP contribution is -2.04. The molecule has 0 radical (unpaired) electrons. The third-order valence-electron chi connectivity index (χ3n) is 3.20. The fourth-order valence-electron chi connectivity index (χ4n) is 1.83. The Bertz CT molecular complexity index is 108. The standard InChI is InChI=1S/C13H28S/c1-4-6-7-8-12(3)9-10-13(5-2)11-14/h12-14H,4-11H2,1-3H3. The van der Waals surface area contributed by atoms with Crippen LogP contribution in [-0.2, 0) is 0 Å². The predicted molar refractivity (Wildman–Crippen MR) is 70.2 cm³/mol. The minimum Gasteiger partial charge on any atom is -0.179 e. The highest BCUT2D eigenvalue weighted by molar-refractivity contribution is 7.80. The van der Waals surface area contributed by atoms with Crippen molar-refractivity contribution in [3.8, 4) is 0 Å². The summed E-state index contributed by atoms with van der Waals surface area (Å²) in [7, 11) is 0. The van der Waals surface area contributed by atoms with Crippen molar-refractivity contribution >= 4 is 12.6 Å². The molecule has 0 aliphatic carbocycles. The van der Waals surface area contributed by atoms with Gasteiger partial charge in [-0.25, -0.2) is 0 Å². The molecule has 14 heavy (non-hydrogen) atoms. The first kappa shape index (κ1) is 14.3. The largest absolute Gasteiger partial charge is 0.179 e. The maximum Gasteiger partial charge on any atom is -0.00696 e. The molecule has 0 aliphatic rings. The van der Waals surface area contributed by atoms with Crippen molar-refractivity contribution in [2.75, 3.05) is 5.75 Å². The van der Waals surface area contributed by atoms with Crippen molar-refractivity contribution < 1.29 is 0 Å². The van der Waals surface area contributed by atoms with E-state index in [2.05, 4.69) is 33.4 Å². The fourth-order valence-corrected chi connectivity index (χ4v) is 2.27. The van der Waals surface area contributed by atoms with Gasteiger partial charge in [0.1, 0.15) is 0 Å². The van der Waals surface area contributed by atoms with Gasteiger partial charge in [0.2, 0.25) is 0 Å². The average molecular weight is 216 g/mol. The summed E-state index contributed by atoms with van der Waals surface area (Å²) < 4.78 is 0. The summed E-state index contributed by atoms with van der Waals surface area (Å²) in [6.45, 7) is 6.96. The van der Waals surface area contributed by atoms with E-state index in [0.29, 0.717) is 0 Å². The van der Waals surface area contributed by atoms with E-state index < -0.39 is 0 Å². The zero-order chi connectivity index (χ0) is 10.8. The van der Waals surface area contributed by atoms with E-state index in [4.69, 9.17) is 0 Å². The lowest BCUT2D eigenvalue weighted by Gasteiger charge is -2.15. The average Bonchev–Trinajstić information content (AvgIpc) is 2.20. The van der Waals surface area contributed by atoms with E-state index in [1.807, 2.05) is 0 Å². The molecule has 0 aliphatic heterocycles. The van der Waals surface area contributed by atoms with Gasteiger partial charge in [-0.2, -0.15) is 12.6 Å². The maximum atomic E-state index is 4.38. The molecule has 1 heteroatoms. The highest BCUT2D eigenvalue weighted by Crippen LogP contribution is 2.20. The summed E-state index contributed by atoms with van der Waals surface area (Å²) in [6, 6.07) is 0. The molecule has 0 amide bonds. The molecule has 0 saturated heterocycles. The first-order chi connectivity index (χ1) is 6.74. The smallest absolute Gasteiger partial charge is 0.00696 e. The summed E-state index contributed by atoms with van der Waals surface area (Å²) >= 11 is 4.38. The van der Waals surface area contributed by atoms with Crippen LogP contribution in [0.3, 0.4) is 0 Å². The topological polar surface area (TPSA) is 0 Å². The van der Waals surface area contributed by atoms with E-state index in [0.717, 1.165) is 17.6 Å². The number of thiol groups is 1. The summed E-state index contributed by atoms with van der Waals surface area (Å²) in [5, 5.41) is 0. The molecular weight excluding hydrogens is 188 g/mol. The molecule has 0 fully saturated rings. The van der Waals surface area contributed by atoms with E-state index >= 15 is 0 Å². The van der Waals surface area contributed by atoms with Crippen LogP contribution in [0.2, 0.25) is 0 Å². The Labute approximate surface area is 96.3 Å². The molecule has 0 rings (SSSR count). The normalized spacial score (nSPS) is 15.4. The molecule has 0 saturated carbocycles. The van der Waals surface area contributed by atoms with Gasteiger partial charge >= 0.3 is 0 Å². The van der Waals surface area contributed by atoms with Crippen molar-refractivity contribution in [3.63, 3.8) is 0 Å². The van der Waals surface area contributed by atoms with Gasteiger partial charge in [0.25, 0.3) is 0 Å². The summed E-state index contributed by atoms with van der Waals surface area (Å²) in [5.74, 6) is 2.85. The van der Waals surface area contributed by atoms with Gasteiger partial charge in [0, 0.05) is 0 Å². The van der Waals surface area contributed by atoms with Gasteiger partial charge in [0.05, 0.1) is 0 Å². The molecule has 0 spiro atoms. The van der Waals surface area contributed by atoms with Crippen LogP contribution in [0.15, 0.2) is 0 Å². The second kappa shape index (κ2) is 9.89. The highest BCUT2D eigenvalue weighted by Gasteiger charge is 2.07. The molecule has 0 bridgehead atoms. The molecule has 0 aromatic rings. The number of hydrogen-bond acceptors (Lipinski definition) is 1. The van der Waals surface area contributed by atoms with Gasteiger partial charge in [-0.1, -0.05) is 59.3 Å². The SMILES string of the molecule is CCCCCC(C)CCC(CC)CS. The van der Waals surface area contributed by atoms with Crippen molar-refractivity contribution in [2.24, 2.45) is 11.8 Å². The Hall–Kier alpha value is 0.350. The molecule has 86 valence electrons. The number of unbranched alkanes of at least 4 members (excludes halogenated alkanes) is 2. The molecule has 0 aromatic heterocycles. The van der Waals surface area contributed by atoms with Gasteiger partial charge in [-0.15, -0.1) is 0 Å². The van der Waals surface area contributed by atoms with E-state index in [9.17, 15) is 0 Å². The van der Waals surface area contributed by atoms with Crippen LogP contribution in [0, 0.1) is 11.8 Å². The Balaban J connectivity index is 3.37. The molecule has 2 atom stereocenters. The van der Waals surface area contributed by atoms with Crippen LogP contribution in [0.25, 0.3) is 0 Å². The van der Waals surface area contributed by atoms with Crippen LogP contribution in [0.5, 0.6) is 0 Å². The van der Waals surface area contributed by atoms with Gasteiger partial charge in [0.15, 0.2) is 0 Å². The van der Waals surface area contributed by atoms with Crippen LogP contribution in [0.4, 0.5) is 0 Å². The van der Waals surface area contributed by atoms with Crippen LogP contribution in [0.1, 0.15) is 65.7 Å². The van der Waals surface area contributed by atoms with Crippen molar-refractivity contribution in [3.05, 3.63) is 0 Å². The lowest BCUT2D eigenvalue weighted by atomic mass is 9.93. The predicted octanol–water partition coefficient (Wildman–Crippen LogP) is 4.94. The molecule has 0 aromatic carbocycles. The minimum absolute atomic E-state index is 0.854. The van der Waals surface area contributed by atoms with Crippen molar-refractivity contribution in [2.45, 2.75) is 65.7 Å². The van der Waals surface area contributed by atoms with E-state index in [-0.39, 0.29) is 0 Å². The third-order valence-corrected chi connectivity index (χ3v) is 3.72. The third kappa shape index (κ3) is 7.73. The highest BCUT2D eigenvalue weighted by atomic mass is 32.1. The van der Waals surface area contributed by atoms with Gasteiger partial charge in [-0.3, -0.25) is 0 Å². The first-order valence-electron chi connectivity index (χ1n) is 6.35. The Morgan fingerprint density at radius 1 is 1.00 bits per heavy atom.